The Kier molecular flexibility index (Phi) is 4.53. The Morgan fingerprint density at radius 3 is 2.56 bits per heavy atom. The van der Waals surface area contributed by atoms with Gasteiger partial charge in [-0.25, -0.2) is 0 Å². The van der Waals surface area contributed by atoms with Gasteiger partial charge in [-0.1, -0.05) is 20.8 Å². The van der Waals surface area contributed by atoms with Crippen molar-refractivity contribution in [3.8, 4) is 0 Å². The number of nitrogens with one attached hydrogen (secondary N) is 1. The lowest BCUT2D eigenvalue weighted by Gasteiger charge is -2.30. The first kappa shape index (κ1) is 13.3. The first-order chi connectivity index (χ1) is 8.65. The summed E-state index contributed by atoms with van der Waals surface area (Å²) in [5, 5.41) is 12.0. The third-order valence-electron chi connectivity index (χ3n) is 3.50. The number of hydrogen-bond donors (Lipinski definition) is 1. The third-order valence-corrected chi connectivity index (χ3v) is 3.50. The molecule has 1 aromatic rings. The van der Waals surface area contributed by atoms with Gasteiger partial charge in [-0.2, -0.15) is 5.10 Å². The molecule has 4 heteroatoms. The number of piperidine rings is 1. The molecule has 0 bridgehead atoms. The minimum Gasteiger partial charge on any atom is -0.355 e. The van der Waals surface area contributed by atoms with Gasteiger partial charge < -0.3 is 10.2 Å². The molecule has 0 amide bonds. The van der Waals surface area contributed by atoms with Crippen molar-refractivity contribution in [3.05, 3.63) is 17.8 Å². The molecule has 2 rings (SSSR count). The highest BCUT2D eigenvalue weighted by atomic mass is 15.3. The van der Waals surface area contributed by atoms with Gasteiger partial charge in [-0.15, -0.1) is 5.10 Å². The molecule has 0 aromatic carbocycles. The summed E-state index contributed by atoms with van der Waals surface area (Å²) in [5.74, 6) is 1.87. The molecule has 1 fully saturated rings. The van der Waals surface area contributed by atoms with Gasteiger partial charge >= 0.3 is 0 Å². The number of hydrogen-bond acceptors (Lipinski definition) is 4. The lowest BCUT2D eigenvalue weighted by molar-refractivity contribution is 0.435. The number of rotatable bonds is 4. The van der Waals surface area contributed by atoms with E-state index in [4.69, 9.17) is 0 Å². The van der Waals surface area contributed by atoms with Crippen LogP contribution in [0.25, 0.3) is 0 Å². The van der Waals surface area contributed by atoms with Crippen molar-refractivity contribution < 1.29 is 0 Å². The van der Waals surface area contributed by atoms with Crippen LogP contribution in [0.3, 0.4) is 0 Å². The molecule has 0 unspecified atom stereocenters. The normalized spacial score (nSPS) is 17.4. The highest BCUT2D eigenvalue weighted by Crippen LogP contribution is 2.20. The summed E-state index contributed by atoms with van der Waals surface area (Å²) < 4.78 is 0. The van der Waals surface area contributed by atoms with Gasteiger partial charge in [-0.05, 0) is 30.9 Å². The SMILES string of the molecule is CC1CCN(c2ccc(CNC(C)C)nn2)CC1. The van der Waals surface area contributed by atoms with Gasteiger partial charge in [0.05, 0.1) is 5.69 Å². The monoisotopic (exact) mass is 248 g/mol. The Morgan fingerprint density at radius 2 is 2.00 bits per heavy atom. The minimum atomic E-state index is 0.482. The van der Waals surface area contributed by atoms with Gasteiger partial charge in [0, 0.05) is 25.7 Å². The summed E-state index contributed by atoms with van der Waals surface area (Å²) in [6, 6.07) is 4.66. The van der Waals surface area contributed by atoms with Gasteiger partial charge in [0.1, 0.15) is 0 Å². The van der Waals surface area contributed by atoms with Crippen LogP contribution in [-0.4, -0.2) is 29.3 Å². The van der Waals surface area contributed by atoms with Gasteiger partial charge in [0.25, 0.3) is 0 Å². The maximum atomic E-state index is 4.34. The zero-order chi connectivity index (χ0) is 13.0. The maximum Gasteiger partial charge on any atom is 0.151 e. The second kappa shape index (κ2) is 6.14. The Labute approximate surface area is 110 Å². The molecule has 18 heavy (non-hydrogen) atoms. The van der Waals surface area contributed by atoms with Gasteiger partial charge in [0.2, 0.25) is 0 Å². The van der Waals surface area contributed by atoms with Crippen molar-refractivity contribution in [2.75, 3.05) is 18.0 Å². The molecular weight excluding hydrogens is 224 g/mol. The van der Waals surface area contributed by atoms with Gasteiger partial charge in [-0.3, -0.25) is 0 Å². The van der Waals surface area contributed by atoms with E-state index in [0.29, 0.717) is 6.04 Å². The third kappa shape index (κ3) is 3.67. The molecule has 1 N–H and O–H groups in total. The van der Waals surface area contributed by atoms with Gasteiger partial charge in [0.15, 0.2) is 5.82 Å². The van der Waals surface area contributed by atoms with Crippen LogP contribution in [0, 0.1) is 5.92 Å². The molecule has 1 aromatic heterocycles. The Balaban J connectivity index is 1.91. The largest absolute Gasteiger partial charge is 0.355 e. The van der Waals surface area contributed by atoms with Crippen molar-refractivity contribution in [1.29, 1.82) is 0 Å². The van der Waals surface area contributed by atoms with Crippen molar-refractivity contribution >= 4 is 5.82 Å². The van der Waals surface area contributed by atoms with E-state index in [0.717, 1.165) is 37.1 Å². The van der Waals surface area contributed by atoms with Crippen LogP contribution in [-0.2, 0) is 6.54 Å². The molecule has 1 saturated heterocycles. The van der Waals surface area contributed by atoms with Crippen LogP contribution in [0.5, 0.6) is 0 Å². The van der Waals surface area contributed by atoms with E-state index < -0.39 is 0 Å². The fraction of sp³-hybridized carbons (Fsp3) is 0.714. The second-order valence-electron chi connectivity index (χ2n) is 5.59. The molecule has 0 saturated carbocycles. The summed E-state index contributed by atoms with van der Waals surface area (Å²) in [7, 11) is 0. The van der Waals surface area contributed by atoms with Crippen molar-refractivity contribution in [2.45, 2.75) is 46.2 Å². The first-order valence-corrected chi connectivity index (χ1v) is 6.96. The maximum absolute atomic E-state index is 4.34. The van der Waals surface area contributed by atoms with E-state index in [1.165, 1.54) is 12.8 Å². The topological polar surface area (TPSA) is 41.0 Å². The molecular formula is C14H24N4. The van der Waals surface area contributed by atoms with Crippen LogP contribution in [0.1, 0.15) is 39.3 Å². The summed E-state index contributed by atoms with van der Waals surface area (Å²) in [6.07, 6.45) is 2.52. The summed E-state index contributed by atoms with van der Waals surface area (Å²) in [6.45, 7) is 9.61. The molecule has 1 aliphatic heterocycles. The second-order valence-corrected chi connectivity index (χ2v) is 5.59. The fourth-order valence-electron chi connectivity index (χ4n) is 2.16. The standard InChI is InChI=1S/C14H24N4/c1-11(2)15-10-13-4-5-14(17-16-13)18-8-6-12(3)7-9-18/h4-5,11-12,15H,6-10H2,1-3H3. The molecule has 0 atom stereocenters. The van der Waals surface area contributed by atoms with E-state index in [9.17, 15) is 0 Å². The summed E-state index contributed by atoms with van der Waals surface area (Å²) in [4.78, 5) is 2.34. The zero-order valence-corrected chi connectivity index (χ0v) is 11.7. The first-order valence-electron chi connectivity index (χ1n) is 6.96. The molecule has 1 aliphatic rings. The smallest absolute Gasteiger partial charge is 0.151 e. The summed E-state index contributed by atoms with van der Waals surface area (Å²) in [5.41, 5.74) is 1.01. The van der Waals surface area contributed by atoms with E-state index in [2.05, 4.69) is 53.3 Å². The molecule has 0 radical (unpaired) electrons. The van der Waals surface area contributed by atoms with Crippen LogP contribution < -0.4 is 10.2 Å². The molecule has 4 nitrogen and oxygen atoms in total. The predicted molar refractivity (Wildman–Crippen MR) is 74.6 cm³/mol. The van der Waals surface area contributed by atoms with Crippen LogP contribution in [0.15, 0.2) is 12.1 Å². The average Bonchev–Trinajstić information content (AvgIpc) is 2.38. The van der Waals surface area contributed by atoms with E-state index >= 15 is 0 Å². The zero-order valence-electron chi connectivity index (χ0n) is 11.7. The molecule has 0 aliphatic carbocycles. The van der Waals surface area contributed by atoms with Crippen molar-refractivity contribution in [2.24, 2.45) is 5.92 Å². The van der Waals surface area contributed by atoms with Crippen LogP contribution in [0.2, 0.25) is 0 Å². The fourth-order valence-corrected chi connectivity index (χ4v) is 2.16. The van der Waals surface area contributed by atoms with E-state index in [1.807, 2.05) is 0 Å². The lowest BCUT2D eigenvalue weighted by Crippen LogP contribution is -2.33. The Morgan fingerprint density at radius 1 is 1.28 bits per heavy atom. The number of nitrogens with zero attached hydrogens (tertiary/aromatic N) is 3. The van der Waals surface area contributed by atoms with Crippen LogP contribution in [0.4, 0.5) is 5.82 Å². The highest BCUT2D eigenvalue weighted by Gasteiger charge is 2.16. The molecule has 100 valence electrons. The predicted octanol–water partition coefficient (Wildman–Crippen LogP) is 2.21. The van der Waals surface area contributed by atoms with Crippen LogP contribution >= 0.6 is 0 Å². The number of aromatic nitrogens is 2. The van der Waals surface area contributed by atoms with Crippen molar-refractivity contribution in [1.82, 2.24) is 15.5 Å². The Hall–Kier alpha value is -1.16. The quantitative estimate of drug-likeness (QED) is 0.887. The van der Waals surface area contributed by atoms with Crippen molar-refractivity contribution in [3.63, 3.8) is 0 Å². The van der Waals surface area contributed by atoms with E-state index in [-0.39, 0.29) is 0 Å². The number of anilines is 1. The molecule has 0 spiro atoms. The molecule has 2 heterocycles. The highest BCUT2D eigenvalue weighted by molar-refractivity contribution is 5.37. The lowest BCUT2D eigenvalue weighted by atomic mass is 9.99. The minimum absolute atomic E-state index is 0.482. The Bertz CT molecular complexity index is 353. The average molecular weight is 248 g/mol. The summed E-state index contributed by atoms with van der Waals surface area (Å²) >= 11 is 0. The van der Waals surface area contributed by atoms with E-state index in [1.54, 1.807) is 0 Å².